The summed E-state index contributed by atoms with van der Waals surface area (Å²) < 4.78 is 6.42. The third-order valence-corrected chi connectivity index (χ3v) is 11.9. The maximum Gasteiger partial charge on any atom is 0.407 e. The van der Waals surface area contributed by atoms with E-state index in [1.54, 1.807) is 34.2 Å². The lowest BCUT2D eigenvalue weighted by atomic mass is 10.0. The van der Waals surface area contributed by atoms with Gasteiger partial charge in [-0.05, 0) is 72.7 Å². The Balaban J connectivity index is 0.924. The minimum Gasteiger partial charge on any atom is -0.453 e. The van der Waals surface area contributed by atoms with Crippen LogP contribution in [-0.2, 0) is 20.9 Å². The number of aromatic amines is 2. The lowest BCUT2D eigenvalue weighted by molar-refractivity contribution is -0.138. The number of benzene rings is 3. The second kappa shape index (κ2) is 18.2. The fraction of sp³-hybridized carbons (Fsp3) is 0.348. The third-order valence-electron chi connectivity index (χ3n) is 11.9. The quantitative estimate of drug-likeness (QED) is 0.105. The van der Waals surface area contributed by atoms with Gasteiger partial charge in [-0.25, -0.2) is 14.8 Å². The molecule has 0 spiro atoms. The van der Waals surface area contributed by atoms with E-state index in [0.717, 1.165) is 83.8 Å². The van der Waals surface area contributed by atoms with Crippen molar-refractivity contribution in [3.63, 3.8) is 0 Å². The molecular weight excluding hydrogens is 757 g/mol. The number of nitrogens with one attached hydrogen (secondary N) is 3. The van der Waals surface area contributed by atoms with Crippen molar-refractivity contribution in [2.75, 3.05) is 33.3 Å². The lowest BCUT2D eigenvalue weighted by Crippen LogP contribution is -2.50. The number of carbonyl (C=O) groups is 3. The number of carbonyl (C=O) groups excluding carboxylic acids is 3. The Morgan fingerprint density at radius 3 is 1.78 bits per heavy atom. The first-order valence-electron chi connectivity index (χ1n) is 20.9. The minimum atomic E-state index is -0.845. The highest BCUT2D eigenvalue weighted by molar-refractivity contribution is 5.86. The minimum absolute atomic E-state index is 0.0998. The van der Waals surface area contributed by atoms with Crippen LogP contribution in [0.25, 0.3) is 33.6 Å². The summed E-state index contributed by atoms with van der Waals surface area (Å²) in [4.78, 5) is 62.7. The number of rotatable bonds is 14. The molecule has 2 saturated heterocycles. The maximum absolute atomic E-state index is 14.2. The fourth-order valence-corrected chi connectivity index (χ4v) is 8.69. The van der Waals surface area contributed by atoms with Gasteiger partial charge in [0.1, 0.15) is 23.7 Å². The maximum atomic E-state index is 14.2. The van der Waals surface area contributed by atoms with Crippen LogP contribution in [-0.4, -0.2) is 102 Å². The topological polar surface area (TPSA) is 157 Å². The van der Waals surface area contributed by atoms with Crippen LogP contribution in [0.15, 0.2) is 110 Å². The average molecular weight is 809 g/mol. The highest BCUT2D eigenvalue weighted by atomic mass is 16.5. The summed E-state index contributed by atoms with van der Waals surface area (Å²) in [7, 11) is 1.28. The summed E-state index contributed by atoms with van der Waals surface area (Å²) in [5.41, 5.74) is 6.95. The molecule has 8 rings (SSSR count). The molecule has 2 aliphatic heterocycles. The highest BCUT2D eigenvalue weighted by Crippen LogP contribution is 2.36. The second-order valence-electron chi connectivity index (χ2n) is 15.3. The number of alkyl carbamates (subject to hydrolysis) is 1. The van der Waals surface area contributed by atoms with Gasteiger partial charge < -0.3 is 29.8 Å². The first kappa shape index (κ1) is 40.2. The van der Waals surface area contributed by atoms with Crippen molar-refractivity contribution in [2.24, 2.45) is 0 Å². The first-order chi connectivity index (χ1) is 29.3. The van der Waals surface area contributed by atoms with E-state index in [2.05, 4.69) is 99.8 Å². The van der Waals surface area contributed by atoms with E-state index in [1.807, 2.05) is 29.3 Å². The summed E-state index contributed by atoms with van der Waals surface area (Å²) in [5.74, 6) is 1.44. The summed E-state index contributed by atoms with van der Waals surface area (Å²) in [6.45, 7) is 7.25. The Labute approximate surface area is 350 Å². The Morgan fingerprint density at radius 2 is 1.28 bits per heavy atom. The molecule has 0 saturated carbocycles. The van der Waals surface area contributed by atoms with Crippen LogP contribution in [0.2, 0.25) is 0 Å². The molecule has 3 amide bonds. The number of likely N-dealkylation sites (tertiary alicyclic amines) is 2. The number of imidazole rings is 2. The molecule has 60 heavy (non-hydrogen) atoms. The van der Waals surface area contributed by atoms with Crippen LogP contribution in [0.5, 0.6) is 0 Å². The molecule has 14 nitrogen and oxygen atoms in total. The van der Waals surface area contributed by atoms with Crippen molar-refractivity contribution >= 4 is 17.9 Å². The summed E-state index contributed by atoms with van der Waals surface area (Å²) in [6, 6.07) is 27.1. The van der Waals surface area contributed by atoms with Crippen LogP contribution >= 0.6 is 0 Å². The van der Waals surface area contributed by atoms with E-state index in [4.69, 9.17) is 14.7 Å². The van der Waals surface area contributed by atoms with Gasteiger partial charge in [0, 0.05) is 25.5 Å². The van der Waals surface area contributed by atoms with Crippen LogP contribution in [0.4, 0.5) is 4.79 Å². The number of aromatic nitrogens is 6. The number of ether oxygens (including phenoxy) is 1. The summed E-state index contributed by atoms with van der Waals surface area (Å²) in [6.07, 6.45) is 9.77. The highest BCUT2D eigenvalue weighted by Gasteiger charge is 2.39. The molecule has 4 atom stereocenters. The molecule has 310 valence electrons. The summed E-state index contributed by atoms with van der Waals surface area (Å²) >= 11 is 0. The Bertz CT molecular complexity index is 2350. The molecule has 0 radical (unpaired) electrons. The second-order valence-corrected chi connectivity index (χ2v) is 15.3. The number of nitrogens with zero attached hydrogens (tertiary/aromatic N) is 7. The van der Waals surface area contributed by atoms with Gasteiger partial charge in [0.15, 0.2) is 0 Å². The molecule has 5 heterocycles. The van der Waals surface area contributed by atoms with Gasteiger partial charge in [-0.1, -0.05) is 92.7 Å². The predicted molar refractivity (Wildman–Crippen MR) is 228 cm³/mol. The number of hydrogen-bond donors (Lipinski definition) is 3. The zero-order chi connectivity index (χ0) is 41.6. The smallest absolute Gasteiger partial charge is 0.407 e. The molecule has 6 aromatic rings. The van der Waals surface area contributed by atoms with Gasteiger partial charge in [-0.2, -0.15) is 5.10 Å². The van der Waals surface area contributed by atoms with Gasteiger partial charge in [-0.15, -0.1) is 0 Å². The Hall–Kier alpha value is -6.54. The monoisotopic (exact) mass is 808 g/mol. The molecule has 2 fully saturated rings. The standard InChI is InChI=1S/C46H52N10O4/c1-4-53(5-2)41(35-12-7-6-8-13-35)45(58)56-27-10-15-40(56)43-48-29-37(51-43)34-22-18-32(19-23-34)31-16-20-33(21-17-31)36-28-47-42(50-36)39-14-9-26-55(39)44(57)38(52-46(59)60-3)30-54-25-11-24-49-54/h6-8,11-13,16-25,28-29,38-41H,4-5,9-10,14-15,26-27,30H2,1-3H3,(H,47,50)(H,48,51)(H,52,59)/t38-,39+,40+,41-/m1/s1. The molecule has 3 aromatic carbocycles. The van der Waals surface area contributed by atoms with E-state index in [9.17, 15) is 14.4 Å². The summed E-state index contributed by atoms with van der Waals surface area (Å²) in [5, 5.41) is 6.90. The van der Waals surface area contributed by atoms with Gasteiger partial charge >= 0.3 is 6.09 Å². The lowest BCUT2D eigenvalue weighted by Gasteiger charge is -2.34. The number of likely N-dealkylation sites (N-methyl/N-ethyl adjacent to an activating group) is 1. The van der Waals surface area contributed by atoms with Crippen LogP contribution in [0.1, 0.15) is 74.9 Å². The van der Waals surface area contributed by atoms with E-state index in [1.165, 1.54) is 7.11 Å². The number of methoxy groups -OCH3 is 1. The number of hydrogen-bond acceptors (Lipinski definition) is 8. The molecule has 0 unspecified atom stereocenters. The fourth-order valence-electron chi connectivity index (χ4n) is 8.69. The molecule has 0 bridgehead atoms. The first-order valence-corrected chi connectivity index (χ1v) is 20.9. The van der Waals surface area contributed by atoms with Crippen molar-refractivity contribution in [1.29, 1.82) is 0 Å². The zero-order valence-corrected chi connectivity index (χ0v) is 34.3. The van der Waals surface area contributed by atoms with Crippen LogP contribution < -0.4 is 5.32 Å². The molecule has 0 aliphatic carbocycles. The van der Waals surface area contributed by atoms with E-state index in [0.29, 0.717) is 18.9 Å². The predicted octanol–water partition coefficient (Wildman–Crippen LogP) is 7.17. The van der Waals surface area contributed by atoms with E-state index in [-0.39, 0.29) is 36.5 Å². The SMILES string of the molecule is CCN(CC)[C@@H](C(=O)N1CCC[C@H]1c1ncc(-c2ccc(-c3ccc(-c4cnc([C@@H]5CCCN5C(=O)[C@@H](Cn5cccn5)NC(=O)OC)[nH]4)cc3)cc2)[nH]1)c1ccccc1. The normalized spacial score (nSPS) is 17.5. The van der Waals surface area contributed by atoms with Crippen LogP contribution in [0.3, 0.4) is 0 Å². The largest absolute Gasteiger partial charge is 0.453 e. The average Bonchev–Trinajstić information content (AvgIpc) is 4.15. The van der Waals surface area contributed by atoms with Crippen molar-refractivity contribution < 1.29 is 19.1 Å². The molecule has 2 aliphatic rings. The van der Waals surface area contributed by atoms with Gasteiger partial charge in [0.25, 0.3) is 0 Å². The number of amides is 3. The van der Waals surface area contributed by atoms with Gasteiger partial charge in [-0.3, -0.25) is 19.2 Å². The Kier molecular flexibility index (Phi) is 12.2. The molecule has 3 aromatic heterocycles. The van der Waals surface area contributed by atoms with Crippen molar-refractivity contribution in [3.8, 4) is 33.6 Å². The molecule has 3 N–H and O–H groups in total. The van der Waals surface area contributed by atoms with Gasteiger partial charge in [0.2, 0.25) is 11.8 Å². The molecular formula is C46H52N10O4. The van der Waals surface area contributed by atoms with Crippen molar-refractivity contribution in [3.05, 3.63) is 127 Å². The zero-order valence-electron chi connectivity index (χ0n) is 34.3. The van der Waals surface area contributed by atoms with Gasteiger partial charge in [0.05, 0.1) is 49.5 Å². The third kappa shape index (κ3) is 8.46. The van der Waals surface area contributed by atoms with Crippen LogP contribution in [0, 0.1) is 0 Å². The Morgan fingerprint density at radius 1 is 0.750 bits per heavy atom. The molecule has 14 heteroatoms. The van der Waals surface area contributed by atoms with E-state index >= 15 is 0 Å². The number of H-pyrrole nitrogens is 2. The van der Waals surface area contributed by atoms with Crippen molar-refractivity contribution in [1.82, 2.24) is 49.7 Å². The van der Waals surface area contributed by atoms with Crippen molar-refractivity contribution in [2.45, 2.75) is 70.2 Å². The van der Waals surface area contributed by atoms with E-state index < -0.39 is 12.1 Å².